The molecule has 1 heterocycles. The number of aromatic hydroxyl groups is 1. The molecule has 0 radical (unpaired) electrons. The highest BCUT2D eigenvalue weighted by molar-refractivity contribution is 6.31. The molecule has 2 aromatic carbocycles. The SMILES string of the molecule is COc1ccc(Cl)cc1N1CC(C(=O)Nc2cc(Cl)ccc2O)CC1=O. The maximum atomic E-state index is 12.5. The van der Waals surface area contributed by atoms with Crippen LogP contribution in [0.3, 0.4) is 0 Å². The Hall–Kier alpha value is -2.44. The molecular weight excluding hydrogens is 379 g/mol. The monoisotopic (exact) mass is 394 g/mol. The average molecular weight is 395 g/mol. The van der Waals surface area contributed by atoms with Crippen LogP contribution in [0, 0.1) is 5.92 Å². The summed E-state index contributed by atoms with van der Waals surface area (Å²) >= 11 is 11.9. The number of rotatable bonds is 4. The van der Waals surface area contributed by atoms with E-state index < -0.39 is 5.92 Å². The van der Waals surface area contributed by atoms with Crippen molar-refractivity contribution in [1.82, 2.24) is 0 Å². The van der Waals surface area contributed by atoms with E-state index in [-0.39, 0.29) is 36.2 Å². The number of anilines is 2. The molecule has 1 fully saturated rings. The Morgan fingerprint density at radius 2 is 1.92 bits per heavy atom. The van der Waals surface area contributed by atoms with Crippen LogP contribution in [-0.4, -0.2) is 30.6 Å². The summed E-state index contributed by atoms with van der Waals surface area (Å²) in [6.45, 7) is 0.183. The lowest BCUT2D eigenvalue weighted by atomic mass is 10.1. The average Bonchev–Trinajstić information content (AvgIpc) is 3.00. The smallest absolute Gasteiger partial charge is 0.229 e. The van der Waals surface area contributed by atoms with Crippen molar-refractivity contribution in [3.8, 4) is 11.5 Å². The summed E-state index contributed by atoms with van der Waals surface area (Å²) in [5, 5.41) is 13.3. The summed E-state index contributed by atoms with van der Waals surface area (Å²) in [6, 6.07) is 9.31. The molecule has 0 saturated carbocycles. The van der Waals surface area contributed by atoms with Crippen LogP contribution in [0.1, 0.15) is 6.42 Å². The first-order chi connectivity index (χ1) is 12.4. The highest BCUT2D eigenvalue weighted by Gasteiger charge is 2.36. The van der Waals surface area contributed by atoms with Crippen molar-refractivity contribution in [2.45, 2.75) is 6.42 Å². The van der Waals surface area contributed by atoms with Crippen molar-refractivity contribution in [2.24, 2.45) is 5.92 Å². The van der Waals surface area contributed by atoms with Crippen molar-refractivity contribution in [3.05, 3.63) is 46.4 Å². The Bertz CT molecular complexity index is 872. The zero-order chi connectivity index (χ0) is 18.8. The second-order valence-corrected chi connectivity index (χ2v) is 6.75. The Morgan fingerprint density at radius 3 is 2.65 bits per heavy atom. The van der Waals surface area contributed by atoms with Crippen molar-refractivity contribution in [3.63, 3.8) is 0 Å². The van der Waals surface area contributed by atoms with E-state index in [0.29, 0.717) is 21.5 Å². The van der Waals surface area contributed by atoms with Crippen LogP contribution < -0.4 is 15.0 Å². The molecule has 1 aliphatic rings. The molecule has 1 atom stereocenters. The maximum absolute atomic E-state index is 12.5. The number of hydrogen-bond donors (Lipinski definition) is 2. The molecule has 26 heavy (non-hydrogen) atoms. The van der Waals surface area contributed by atoms with Gasteiger partial charge in [0.15, 0.2) is 0 Å². The minimum Gasteiger partial charge on any atom is -0.506 e. The van der Waals surface area contributed by atoms with Gasteiger partial charge in [0, 0.05) is 23.0 Å². The summed E-state index contributed by atoms with van der Waals surface area (Å²) in [4.78, 5) is 26.4. The van der Waals surface area contributed by atoms with Crippen LogP contribution in [-0.2, 0) is 9.59 Å². The lowest BCUT2D eigenvalue weighted by molar-refractivity contribution is -0.122. The zero-order valence-corrected chi connectivity index (χ0v) is 15.3. The first kappa shape index (κ1) is 18.4. The van der Waals surface area contributed by atoms with Gasteiger partial charge in [-0.15, -0.1) is 0 Å². The van der Waals surface area contributed by atoms with E-state index in [9.17, 15) is 14.7 Å². The summed E-state index contributed by atoms with van der Waals surface area (Å²) in [5.74, 6) is -0.762. The molecule has 0 spiro atoms. The topological polar surface area (TPSA) is 78.9 Å². The number of ether oxygens (including phenoxy) is 1. The van der Waals surface area contributed by atoms with Crippen LogP contribution in [0.15, 0.2) is 36.4 Å². The van der Waals surface area contributed by atoms with Crippen molar-refractivity contribution in [1.29, 1.82) is 0 Å². The fourth-order valence-corrected chi connectivity index (χ4v) is 3.17. The van der Waals surface area contributed by atoms with Crippen molar-refractivity contribution in [2.75, 3.05) is 23.9 Å². The number of halogens is 2. The van der Waals surface area contributed by atoms with Gasteiger partial charge in [-0.25, -0.2) is 0 Å². The third kappa shape index (κ3) is 3.71. The lowest BCUT2D eigenvalue weighted by Gasteiger charge is -2.20. The maximum Gasteiger partial charge on any atom is 0.229 e. The number of phenolic OH excluding ortho intramolecular Hbond substituents is 1. The van der Waals surface area contributed by atoms with Gasteiger partial charge in [-0.2, -0.15) is 0 Å². The minimum absolute atomic E-state index is 0.0445. The highest BCUT2D eigenvalue weighted by atomic mass is 35.5. The fraction of sp³-hybridized carbons (Fsp3) is 0.222. The molecule has 0 bridgehead atoms. The molecule has 1 saturated heterocycles. The predicted molar refractivity (Wildman–Crippen MR) is 100 cm³/mol. The predicted octanol–water partition coefficient (Wildman–Crippen LogP) is 3.70. The zero-order valence-electron chi connectivity index (χ0n) is 13.8. The summed E-state index contributed by atoms with van der Waals surface area (Å²) < 4.78 is 5.28. The molecule has 8 heteroatoms. The summed E-state index contributed by atoms with van der Waals surface area (Å²) in [5.41, 5.74) is 0.722. The van der Waals surface area contributed by atoms with E-state index >= 15 is 0 Å². The first-order valence-electron chi connectivity index (χ1n) is 7.82. The Morgan fingerprint density at radius 1 is 1.23 bits per heavy atom. The second kappa shape index (κ2) is 7.43. The summed E-state index contributed by atoms with van der Waals surface area (Å²) in [6.07, 6.45) is 0.0445. The number of amides is 2. The van der Waals surface area contributed by atoms with Gasteiger partial charge in [0.1, 0.15) is 11.5 Å². The van der Waals surface area contributed by atoms with Gasteiger partial charge in [-0.3, -0.25) is 9.59 Å². The normalized spacial score (nSPS) is 16.7. The van der Waals surface area contributed by atoms with Gasteiger partial charge in [-0.1, -0.05) is 23.2 Å². The van der Waals surface area contributed by atoms with Gasteiger partial charge in [0.2, 0.25) is 11.8 Å². The molecule has 0 aromatic heterocycles. The molecule has 3 rings (SSSR count). The second-order valence-electron chi connectivity index (χ2n) is 5.87. The van der Waals surface area contributed by atoms with E-state index in [2.05, 4.69) is 5.32 Å². The van der Waals surface area contributed by atoms with Gasteiger partial charge < -0.3 is 20.1 Å². The van der Waals surface area contributed by atoms with Crippen LogP contribution >= 0.6 is 23.2 Å². The Labute approximate surface area is 160 Å². The van der Waals surface area contributed by atoms with Gasteiger partial charge in [0.25, 0.3) is 0 Å². The minimum atomic E-state index is -0.579. The summed E-state index contributed by atoms with van der Waals surface area (Å²) in [7, 11) is 1.50. The molecule has 1 aliphatic heterocycles. The van der Waals surface area contributed by atoms with E-state index in [1.165, 1.54) is 30.2 Å². The van der Waals surface area contributed by atoms with Crippen molar-refractivity contribution < 1.29 is 19.4 Å². The van der Waals surface area contributed by atoms with E-state index in [1.807, 2.05) is 0 Å². The first-order valence-corrected chi connectivity index (χ1v) is 8.58. The van der Waals surface area contributed by atoms with Crippen LogP contribution in [0.2, 0.25) is 10.0 Å². The number of benzene rings is 2. The Balaban J connectivity index is 1.78. The molecule has 2 N–H and O–H groups in total. The number of carbonyl (C=O) groups excluding carboxylic acids is 2. The molecule has 136 valence electrons. The quantitative estimate of drug-likeness (QED) is 0.774. The number of hydrogen-bond acceptors (Lipinski definition) is 4. The standard InChI is InChI=1S/C18H16Cl2N2O4/c1-26-16-5-3-12(20)8-14(16)22-9-10(6-17(22)24)18(25)21-13-7-11(19)2-4-15(13)23/h2-5,7-8,10,23H,6,9H2,1H3,(H,21,25). The van der Waals surface area contributed by atoms with Gasteiger partial charge >= 0.3 is 0 Å². The van der Waals surface area contributed by atoms with Crippen LogP contribution in [0.5, 0.6) is 11.5 Å². The van der Waals surface area contributed by atoms with Crippen molar-refractivity contribution >= 4 is 46.4 Å². The molecule has 0 aliphatic carbocycles. The molecule has 2 aromatic rings. The highest BCUT2D eigenvalue weighted by Crippen LogP contribution is 2.36. The molecule has 6 nitrogen and oxygen atoms in total. The number of carbonyl (C=O) groups is 2. The molecule has 1 unspecified atom stereocenters. The fourth-order valence-electron chi connectivity index (χ4n) is 2.83. The number of phenols is 1. The van der Waals surface area contributed by atoms with E-state index in [0.717, 1.165) is 0 Å². The third-order valence-electron chi connectivity index (χ3n) is 4.14. The van der Waals surface area contributed by atoms with Gasteiger partial charge in [0.05, 0.1) is 24.4 Å². The third-order valence-corrected chi connectivity index (χ3v) is 4.61. The van der Waals surface area contributed by atoms with Crippen LogP contribution in [0.4, 0.5) is 11.4 Å². The molecular formula is C18H16Cl2N2O4. The Kier molecular flexibility index (Phi) is 5.25. The van der Waals surface area contributed by atoms with Crippen LogP contribution in [0.25, 0.3) is 0 Å². The van der Waals surface area contributed by atoms with Gasteiger partial charge in [-0.05, 0) is 36.4 Å². The number of methoxy groups -OCH3 is 1. The number of nitrogens with one attached hydrogen (secondary N) is 1. The molecule has 2 amide bonds. The largest absolute Gasteiger partial charge is 0.506 e. The lowest BCUT2D eigenvalue weighted by Crippen LogP contribution is -2.28. The van der Waals surface area contributed by atoms with E-state index in [4.69, 9.17) is 27.9 Å². The van der Waals surface area contributed by atoms with E-state index in [1.54, 1.807) is 18.2 Å². The number of nitrogens with zero attached hydrogens (tertiary/aromatic N) is 1.